The molecule has 0 aliphatic heterocycles. The topological polar surface area (TPSA) is 405 Å². The molecule has 6 aromatic heterocycles. The highest BCUT2D eigenvalue weighted by Gasteiger charge is 2.28. The van der Waals surface area contributed by atoms with Crippen molar-refractivity contribution in [3.8, 4) is 23.0 Å². The first-order chi connectivity index (χ1) is 46.7. The lowest BCUT2D eigenvalue weighted by Crippen LogP contribution is -2.37. The minimum atomic E-state index is -4.35. The first kappa shape index (κ1) is 85.9. The molecule has 1 aromatic carbocycles. The van der Waals surface area contributed by atoms with Gasteiger partial charge in [-0.05, 0) is 150 Å². The van der Waals surface area contributed by atoms with E-state index in [1.54, 1.807) is 130 Å². The van der Waals surface area contributed by atoms with Crippen LogP contribution in [0.15, 0.2) is 108 Å². The van der Waals surface area contributed by atoms with Crippen molar-refractivity contribution in [2.24, 2.45) is 5.73 Å². The van der Waals surface area contributed by atoms with Crippen molar-refractivity contribution in [2.75, 3.05) is 54.5 Å². The summed E-state index contributed by atoms with van der Waals surface area (Å²) >= 11 is 0. The van der Waals surface area contributed by atoms with E-state index in [1.165, 1.54) is 83.5 Å². The van der Waals surface area contributed by atoms with Crippen molar-refractivity contribution < 1.29 is 79.3 Å². The highest BCUT2D eigenvalue weighted by atomic mass is 32.2. The number of fused-ring (bicyclic) bond motifs is 2. The standard InChI is InChI=1S/C25H30N2O8S.C18H24N2O6.C14H22N2O4.C7H16N2O2.C6H6O3/c1-15-8-10-18(11-9-15)36(31,32)35-21-17(3)23(29)33-19-14-16(2)27(22(28)20(19)21)13-12-26(7)24(30)34-25(4,5)6;1-10-9-12-13(14(21)11(2)16(23)25-12)15(22)20(10)8-7-19(6)17(24)26-18(3,4)5;1-10-8-11(17)9-12(18)16(10)7-6-15(5)13(19)20-14(2,3)4;1-7(2,3)11-6(10)9(4)5-8;1-4-2-5(7)3-6(8)9-4/h8-11,14H,12-13H2,1-7H3;9,21H,7-8H2,1-6H3;8-9,17H,6-7H2,1-5H3;5,8H2,1-4H3;2-3,7H,1H3. The van der Waals surface area contributed by atoms with Gasteiger partial charge in [0.05, 0.1) is 23.9 Å². The van der Waals surface area contributed by atoms with Crippen molar-refractivity contribution in [2.45, 2.75) is 178 Å². The van der Waals surface area contributed by atoms with Crippen LogP contribution in [0, 0.1) is 48.5 Å². The van der Waals surface area contributed by atoms with Crippen LogP contribution >= 0.6 is 0 Å². The summed E-state index contributed by atoms with van der Waals surface area (Å²) in [4.78, 5) is 125. The fourth-order valence-corrected chi connectivity index (χ4v) is 9.55. The monoisotopic (exact) mass is 1450 g/mol. The maximum Gasteiger partial charge on any atom is 0.411 e. The number of pyridine rings is 3. The number of rotatable bonds is 13. The van der Waals surface area contributed by atoms with E-state index in [-0.39, 0.29) is 105 Å². The first-order valence-corrected chi connectivity index (χ1v) is 33.3. The van der Waals surface area contributed by atoms with E-state index < -0.39 is 78.8 Å². The molecular formula is C70H98N8O23S. The SMILES string of the molecule is CN(CN)C(=O)OC(C)(C)C.Cc1c(O)c2c(=O)n(CCN(C)C(=O)OC(C)(C)C)c(C)cc2oc1=O.Cc1cc(O)cc(=O)n1CCN(C)C(=O)OC(C)(C)C.Cc1cc(O)cc(=O)o1.Cc1ccc(S(=O)(=O)Oc2c(C)c(=O)oc3cc(C)n(CCN(C)C(=O)OC(C)(C)C)c(=O)c23)cc1. The van der Waals surface area contributed by atoms with Gasteiger partial charge in [0.2, 0.25) is 0 Å². The number of amides is 4. The molecule has 0 saturated heterocycles. The quantitative estimate of drug-likeness (QED) is 0.0475. The van der Waals surface area contributed by atoms with Gasteiger partial charge in [-0.25, -0.2) is 33.6 Å². The molecule has 0 unspecified atom stereocenters. The predicted octanol–water partition coefficient (Wildman–Crippen LogP) is 8.81. The predicted molar refractivity (Wildman–Crippen MR) is 381 cm³/mol. The molecule has 0 aliphatic carbocycles. The maximum atomic E-state index is 13.5. The number of aromatic nitrogens is 3. The van der Waals surface area contributed by atoms with Gasteiger partial charge in [-0.3, -0.25) is 19.3 Å². The molecule has 0 atom stereocenters. The van der Waals surface area contributed by atoms with E-state index >= 15 is 0 Å². The maximum absolute atomic E-state index is 13.5. The fourth-order valence-electron chi connectivity index (χ4n) is 8.55. The number of likely N-dealkylation sites (N-methyl/N-ethyl adjacent to an activating group) is 3. The van der Waals surface area contributed by atoms with Crippen LogP contribution in [0.3, 0.4) is 0 Å². The van der Waals surface area contributed by atoms with Gasteiger partial charge in [0.15, 0.2) is 5.75 Å². The average Bonchev–Trinajstić information content (AvgIpc) is 0.759. The lowest BCUT2D eigenvalue weighted by molar-refractivity contribution is 0.0282. The second kappa shape index (κ2) is 35.3. The van der Waals surface area contributed by atoms with Crippen molar-refractivity contribution >= 4 is 56.4 Å². The zero-order valence-corrected chi connectivity index (χ0v) is 63.2. The molecule has 0 spiro atoms. The Morgan fingerprint density at radius 1 is 0.480 bits per heavy atom. The Balaban J connectivity index is 0.000000359. The van der Waals surface area contributed by atoms with Crippen LogP contribution in [0.25, 0.3) is 21.9 Å². The molecule has 0 bridgehead atoms. The largest absolute Gasteiger partial charge is 0.508 e. The molecule has 7 rings (SSSR count). The minimum absolute atomic E-state index is 0.0177. The Hall–Kier alpha value is -10.4. The van der Waals surface area contributed by atoms with Crippen molar-refractivity contribution in [1.82, 2.24) is 33.3 Å². The average molecular weight is 1450 g/mol. The van der Waals surface area contributed by atoms with Crippen molar-refractivity contribution in [3.63, 3.8) is 0 Å². The van der Waals surface area contributed by atoms with Gasteiger partial charge < -0.3 is 85.8 Å². The number of nitrogens with zero attached hydrogens (tertiary/aromatic N) is 7. The van der Waals surface area contributed by atoms with Gasteiger partial charge in [0.1, 0.15) is 72.2 Å². The van der Waals surface area contributed by atoms with Crippen LogP contribution in [0.1, 0.15) is 123 Å². The summed E-state index contributed by atoms with van der Waals surface area (Å²) in [5.41, 5.74) is 1.78. The molecule has 31 nitrogen and oxygen atoms in total. The number of hydrogen-bond acceptors (Lipinski definition) is 24. The Morgan fingerprint density at radius 3 is 1.23 bits per heavy atom. The van der Waals surface area contributed by atoms with Gasteiger partial charge in [0, 0.05) is 109 Å². The number of nitrogens with two attached hydrogens (primary N) is 1. The highest BCUT2D eigenvalue weighted by Crippen LogP contribution is 2.29. The van der Waals surface area contributed by atoms with Crippen molar-refractivity contribution in [1.29, 1.82) is 0 Å². The molecule has 6 heterocycles. The van der Waals surface area contributed by atoms with Gasteiger partial charge in [-0.1, -0.05) is 17.7 Å². The van der Waals surface area contributed by atoms with E-state index in [0.717, 1.165) is 17.7 Å². The molecule has 0 fully saturated rings. The molecule has 562 valence electrons. The molecule has 0 radical (unpaired) electrons. The molecule has 102 heavy (non-hydrogen) atoms. The van der Waals surface area contributed by atoms with Crippen LogP contribution in [0.4, 0.5) is 19.2 Å². The summed E-state index contributed by atoms with van der Waals surface area (Å²) in [5, 5.41) is 28.0. The number of benzene rings is 1. The van der Waals surface area contributed by atoms with E-state index in [9.17, 15) is 66.6 Å². The number of ether oxygens (including phenoxy) is 4. The third-order valence-electron chi connectivity index (χ3n) is 13.9. The summed E-state index contributed by atoms with van der Waals surface area (Å²) in [5.74, 6) is -0.454. The molecule has 5 N–H and O–H groups in total. The number of carbonyl (C=O) groups excluding carboxylic acids is 4. The van der Waals surface area contributed by atoms with Gasteiger partial charge in [-0.15, -0.1) is 0 Å². The Labute approximate surface area is 590 Å². The summed E-state index contributed by atoms with van der Waals surface area (Å²) in [7, 11) is 1.98. The lowest BCUT2D eigenvalue weighted by atomic mass is 10.2. The van der Waals surface area contributed by atoms with Crippen molar-refractivity contribution in [3.05, 3.63) is 163 Å². The normalized spacial score (nSPS) is 11.4. The molecule has 7 aromatic rings. The van der Waals surface area contributed by atoms with Gasteiger partial charge >= 0.3 is 51.4 Å². The second-order valence-corrected chi connectivity index (χ2v) is 29.2. The molecular weight excluding hydrogens is 1350 g/mol. The van der Waals surface area contributed by atoms with Crippen LogP contribution in [0.2, 0.25) is 0 Å². The minimum Gasteiger partial charge on any atom is -0.508 e. The Bertz CT molecular complexity index is 4610. The lowest BCUT2D eigenvalue weighted by Gasteiger charge is -2.25. The number of carbonyl (C=O) groups is 4. The van der Waals surface area contributed by atoms with Crippen LogP contribution in [-0.4, -0.2) is 158 Å². The third-order valence-corrected chi connectivity index (χ3v) is 15.1. The first-order valence-electron chi connectivity index (χ1n) is 31.9. The molecule has 4 amide bonds. The van der Waals surface area contributed by atoms with Crippen LogP contribution in [-0.2, 0) is 48.7 Å². The third kappa shape index (κ3) is 26.3. The summed E-state index contributed by atoms with van der Waals surface area (Å²) in [6.07, 6.45) is -1.86. The van der Waals surface area contributed by atoms with E-state index in [1.807, 2.05) is 27.7 Å². The van der Waals surface area contributed by atoms with E-state index in [0.29, 0.717) is 35.9 Å². The number of hydrogen-bond donors (Lipinski definition) is 4. The Kier molecular flexibility index (Phi) is 29.7. The zero-order valence-electron chi connectivity index (χ0n) is 62.3. The molecule has 0 saturated carbocycles. The Morgan fingerprint density at radius 2 is 0.843 bits per heavy atom. The smallest absolute Gasteiger partial charge is 0.411 e. The zero-order chi connectivity index (χ0) is 78.2. The molecule has 0 aliphatic rings. The van der Waals surface area contributed by atoms with Gasteiger partial charge in [0.25, 0.3) is 16.7 Å². The fraction of sp³-hybridized carbons (Fsp3) is 0.486. The number of aryl methyl sites for hydroxylation is 5. The van der Waals surface area contributed by atoms with E-state index in [4.69, 9.17) is 42.8 Å². The second-order valence-electron chi connectivity index (χ2n) is 27.7. The van der Waals surface area contributed by atoms with E-state index in [2.05, 4.69) is 4.42 Å². The van der Waals surface area contributed by atoms with Gasteiger partial charge in [-0.2, -0.15) is 8.42 Å². The van der Waals surface area contributed by atoms with Crippen LogP contribution < -0.4 is 43.5 Å². The molecule has 32 heteroatoms. The highest BCUT2D eigenvalue weighted by molar-refractivity contribution is 7.87. The van der Waals surface area contributed by atoms with Crippen LogP contribution in [0.5, 0.6) is 23.0 Å². The summed E-state index contributed by atoms with van der Waals surface area (Å²) < 4.78 is 71.3. The summed E-state index contributed by atoms with van der Waals surface area (Å²) in [6, 6.07) is 14.0. The summed E-state index contributed by atoms with van der Waals surface area (Å²) in [6.45, 7) is 34.1. The number of aromatic hydroxyl groups is 3.